The zero-order valence-corrected chi connectivity index (χ0v) is 14.4. The number of hydrogen-bond acceptors (Lipinski definition) is 6. The van der Waals surface area contributed by atoms with Gasteiger partial charge in [-0.05, 0) is 27.7 Å². The van der Waals surface area contributed by atoms with Crippen LogP contribution in [0.15, 0.2) is 6.07 Å². The van der Waals surface area contributed by atoms with E-state index in [1.165, 1.54) is 21.1 Å². The molecule has 0 aliphatic carbocycles. The Morgan fingerprint density at radius 3 is 2.48 bits per heavy atom. The number of methoxy groups -OCH3 is 2. The minimum Gasteiger partial charge on any atom is -0.496 e. The molecule has 0 bridgehead atoms. The van der Waals surface area contributed by atoms with Gasteiger partial charge in [-0.1, -0.05) is 0 Å². The van der Waals surface area contributed by atoms with E-state index in [-0.39, 0.29) is 5.78 Å². The first-order valence-corrected chi connectivity index (χ1v) is 7.56. The van der Waals surface area contributed by atoms with Gasteiger partial charge in [0.25, 0.3) is 0 Å². The Hall–Kier alpha value is -1.79. The molecule has 1 aromatic rings. The summed E-state index contributed by atoms with van der Waals surface area (Å²) < 4.78 is 22.5. The number of aliphatic hydroxyl groups is 1. The molecule has 2 rings (SSSR count). The summed E-state index contributed by atoms with van der Waals surface area (Å²) in [6.07, 6.45) is -1.56. The molecule has 0 aromatic heterocycles. The van der Waals surface area contributed by atoms with Crippen molar-refractivity contribution in [3.05, 3.63) is 17.2 Å². The van der Waals surface area contributed by atoms with Crippen molar-refractivity contribution < 1.29 is 28.8 Å². The van der Waals surface area contributed by atoms with Gasteiger partial charge in [-0.3, -0.25) is 4.79 Å². The van der Waals surface area contributed by atoms with Crippen LogP contribution < -0.4 is 14.2 Å². The zero-order chi connectivity index (χ0) is 17.4. The number of aliphatic hydroxyl groups excluding tert-OH is 1. The number of ether oxygens (including phenoxy) is 4. The average Bonchev–Trinajstić information content (AvgIpc) is 2.49. The van der Waals surface area contributed by atoms with Gasteiger partial charge in [0.05, 0.1) is 19.8 Å². The third-order valence-corrected chi connectivity index (χ3v) is 4.02. The number of carbonyl (C=O) groups excluding carboxylic acids is 1. The standard InChI is InChI=1S/C17H24O6/c1-7-22-15-13-11(23-17(3,4)16(15)19)8-10(20-5)12(9(2)18)14(13)21-6/h8,15-16,19H,7H2,1-6H3/t15-,16+/m1/s1. The highest BCUT2D eigenvalue weighted by molar-refractivity contribution is 6.00. The van der Waals surface area contributed by atoms with Gasteiger partial charge >= 0.3 is 0 Å². The van der Waals surface area contributed by atoms with E-state index in [9.17, 15) is 9.90 Å². The Morgan fingerprint density at radius 2 is 2.00 bits per heavy atom. The number of carbonyl (C=O) groups is 1. The van der Waals surface area contributed by atoms with Gasteiger partial charge in [0.2, 0.25) is 0 Å². The summed E-state index contributed by atoms with van der Waals surface area (Å²) in [4.78, 5) is 12.1. The van der Waals surface area contributed by atoms with E-state index in [4.69, 9.17) is 18.9 Å². The second kappa shape index (κ2) is 6.37. The smallest absolute Gasteiger partial charge is 0.167 e. The van der Waals surface area contributed by atoms with Crippen molar-refractivity contribution in [2.45, 2.75) is 45.5 Å². The zero-order valence-electron chi connectivity index (χ0n) is 14.4. The van der Waals surface area contributed by atoms with Gasteiger partial charge < -0.3 is 24.1 Å². The van der Waals surface area contributed by atoms with Gasteiger partial charge in [0, 0.05) is 12.7 Å². The summed E-state index contributed by atoms with van der Waals surface area (Å²) in [5.74, 6) is 0.976. The van der Waals surface area contributed by atoms with Crippen molar-refractivity contribution in [3.63, 3.8) is 0 Å². The molecule has 6 nitrogen and oxygen atoms in total. The number of rotatable bonds is 5. The normalized spacial score (nSPS) is 22.0. The highest BCUT2D eigenvalue weighted by Crippen LogP contribution is 2.50. The van der Waals surface area contributed by atoms with E-state index in [0.717, 1.165) is 0 Å². The van der Waals surface area contributed by atoms with Gasteiger partial charge in [0.15, 0.2) is 5.78 Å². The molecule has 1 aromatic carbocycles. The quantitative estimate of drug-likeness (QED) is 0.839. The van der Waals surface area contributed by atoms with Gasteiger partial charge in [-0.25, -0.2) is 0 Å². The molecule has 0 saturated heterocycles. The first-order valence-electron chi connectivity index (χ1n) is 7.56. The summed E-state index contributed by atoms with van der Waals surface area (Å²) in [7, 11) is 2.95. The Bertz CT molecular complexity index is 608. The van der Waals surface area contributed by atoms with E-state index < -0.39 is 17.8 Å². The Balaban J connectivity index is 2.78. The van der Waals surface area contributed by atoms with Gasteiger partial charge in [0.1, 0.15) is 40.6 Å². The van der Waals surface area contributed by atoms with Crippen molar-refractivity contribution in [2.75, 3.05) is 20.8 Å². The SMILES string of the molecule is CCO[C@@H]1c2c(cc(OC)c(C(C)=O)c2OC)OC(C)(C)[C@H]1O. The minimum absolute atomic E-state index is 0.198. The molecule has 23 heavy (non-hydrogen) atoms. The summed E-state index contributed by atoms with van der Waals surface area (Å²) >= 11 is 0. The van der Waals surface area contributed by atoms with Crippen molar-refractivity contribution >= 4 is 5.78 Å². The van der Waals surface area contributed by atoms with Gasteiger partial charge in [-0.2, -0.15) is 0 Å². The lowest BCUT2D eigenvalue weighted by molar-refractivity contribution is -0.133. The highest BCUT2D eigenvalue weighted by Gasteiger charge is 2.46. The second-order valence-corrected chi connectivity index (χ2v) is 5.98. The lowest BCUT2D eigenvalue weighted by Crippen LogP contribution is -2.49. The van der Waals surface area contributed by atoms with E-state index in [0.29, 0.717) is 35.0 Å². The Labute approximate surface area is 136 Å². The molecule has 1 heterocycles. The molecule has 0 spiro atoms. The van der Waals surface area contributed by atoms with Crippen molar-refractivity contribution in [1.29, 1.82) is 0 Å². The lowest BCUT2D eigenvalue weighted by atomic mass is 9.86. The topological polar surface area (TPSA) is 74.2 Å². The van der Waals surface area contributed by atoms with Crippen LogP contribution in [0.25, 0.3) is 0 Å². The molecule has 0 fully saturated rings. The fraction of sp³-hybridized carbons (Fsp3) is 0.588. The number of Topliss-reactive ketones (excluding diaryl/α,β-unsaturated/α-hetero) is 1. The molecular weight excluding hydrogens is 300 g/mol. The van der Waals surface area contributed by atoms with E-state index in [1.807, 2.05) is 6.92 Å². The van der Waals surface area contributed by atoms with E-state index in [1.54, 1.807) is 19.9 Å². The van der Waals surface area contributed by atoms with Crippen LogP contribution in [0.5, 0.6) is 17.2 Å². The Kier molecular flexibility index (Phi) is 4.87. The van der Waals surface area contributed by atoms with Crippen LogP contribution in [0.3, 0.4) is 0 Å². The number of hydrogen-bond donors (Lipinski definition) is 1. The maximum Gasteiger partial charge on any atom is 0.167 e. The predicted molar refractivity (Wildman–Crippen MR) is 84.6 cm³/mol. The van der Waals surface area contributed by atoms with E-state index in [2.05, 4.69) is 0 Å². The monoisotopic (exact) mass is 324 g/mol. The summed E-state index contributed by atoms with van der Waals surface area (Å²) in [6, 6.07) is 1.65. The van der Waals surface area contributed by atoms with Crippen LogP contribution in [-0.2, 0) is 4.74 Å². The van der Waals surface area contributed by atoms with Crippen LogP contribution in [-0.4, -0.2) is 43.4 Å². The molecule has 0 amide bonds. The van der Waals surface area contributed by atoms with Gasteiger partial charge in [-0.15, -0.1) is 0 Å². The highest BCUT2D eigenvalue weighted by atomic mass is 16.5. The maximum atomic E-state index is 12.1. The average molecular weight is 324 g/mol. The lowest BCUT2D eigenvalue weighted by Gasteiger charge is -2.42. The van der Waals surface area contributed by atoms with Crippen molar-refractivity contribution in [2.24, 2.45) is 0 Å². The first-order chi connectivity index (χ1) is 10.8. The van der Waals surface area contributed by atoms with Crippen molar-refractivity contribution in [1.82, 2.24) is 0 Å². The predicted octanol–water partition coefficient (Wildman–Crippen LogP) is 2.52. The summed E-state index contributed by atoms with van der Waals surface area (Å²) in [5, 5.41) is 10.6. The fourth-order valence-electron chi connectivity index (χ4n) is 2.91. The summed E-state index contributed by atoms with van der Waals surface area (Å²) in [6.45, 7) is 7.25. The number of fused-ring (bicyclic) bond motifs is 1. The third-order valence-electron chi connectivity index (χ3n) is 4.02. The molecule has 1 aliphatic rings. The van der Waals surface area contributed by atoms with Crippen LogP contribution >= 0.6 is 0 Å². The number of benzene rings is 1. The van der Waals surface area contributed by atoms with Crippen molar-refractivity contribution in [3.8, 4) is 17.2 Å². The Morgan fingerprint density at radius 1 is 1.35 bits per heavy atom. The second-order valence-electron chi connectivity index (χ2n) is 5.98. The van der Waals surface area contributed by atoms with Crippen LogP contribution in [0.1, 0.15) is 49.7 Å². The molecule has 2 atom stereocenters. The molecule has 128 valence electrons. The molecule has 0 unspecified atom stereocenters. The largest absolute Gasteiger partial charge is 0.496 e. The molecule has 1 N–H and O–H groups in total. The van der Waals surface area contributed by atoms with Crippen LogP contribution in [0.2, 0.25) is 0 Å². The molecular formula is C17H24O6. The minimum atomic E-state index is -0.906. The molecule has 0 radical (unpaired) electrons. The maximum absolute atomic E-state index is 12.1. The molecule has 0 saturated carbocycles. The summed E-state index contributed by atoms with van der Waals surface area (Å²) in [5.41, 5.74) is 0.00165. The fourth-order valence-corrected chi connectivity index (χ4v) is 2.91. The first kappa shape index (κ1) is 17.6. The van der Waals surface area contributed by atoms with Crippen LogP contribution in [0.4, 0.5) is 0 Å². The van der Waals surface area contributed by atoms with E-state index >= 15 is 0 Å². The number of ketones is 1. The molecule has 6 heteroatoms. The van der Waals surface area contributed by atoms with Crippen LogP contribution in [0, 0.1) is 0 Å². The molecule has 1 aliphatic heterocycles. The third kappa shape index (κ3) is 2.88.